The topological polar surface area (TPSA) is 47.3 Å². The number of rotatable bonds is 6. The van der Waals surface area contributed by atoms with Gasteiger partial charge in [0, 0.05) is 6.61 Å². The standard InChI is InChI=1S/C17H30N2O/c1-7-20-16(17(4,5)6)15(19-18)11-14-9-8-12(2)13(3)10-14/h8-10,15-16,19H,7,11,18H2,1-6H3. The highest BCUT2D eigenvalue weighted by atomic mass is 16.5. The van der Waals surface area contributed by atoms with Crippen molar-refractivity contribution in [2.24, 2.45) is 11.3 Å². The van der Waals surface area contributed by atoms with Crippen molar-refractivity contribution in [3.05, 3.63) is 34.9 Å². The molecule has 0 heterocycles. The summed E-state index contributed by atoms with van der Waals surface area (Å²) in [5.41, 5.74) is 6.94. The van der Waals surface area contributed by atoms with Gasteiger partial charge < -0.3 is 4.74 Å². The maximum absolute atomic E-state index is 5.94. The second kappa shape index (κ2) is 7.21. The molecule has 0 fully saturated rings. The Morgan fingerprint density at radius 2 is 1.85 bits per heavy atom. The lowest BCUT2D eigenvalue weighted by molar-refractivity contribution is -0.0356. The molecule has 0 bridgehead atoms. The highest BCUT2D eigenvalue weighted by Gasteiger charge is 2.32. The molecule has 3 N–H and O–H groups in total. The molecule has 1 rings (SSSR count). The first kappa shape index (κ1) is 17.2. The molecule has 1 aromatic rings. The second-order valence-corrected chi connectivity index (χ2v) is 6.64. The fourth-order valence-electron chi connectivity index (χ4n) is 2.59. The molecule has 1 aromatic carbocycles. The van der Waals surface area contributed by atoms with Crippen LogP contribution in [0, 0.1) is 19.3 Å². The van der Waals surface area contributed by atoms with E-state index in [1.54, 1.807) is 0 Å². The highest BCUT2D eigenvalue weighted by molar-refractivity contribution is 5.30. The van der Waals surface area contributed by atoms with E-state index in [0.717, 1.165) is 6.42 Å². The van der Waals surface area contributed by atoms with Crippen LogP contribution in [0.25, 0.3) is 0 Å². The van der Waals surface area contributed by atoms with Crippen molar-refractivity contribution < 1.29 is 4.74 Å². The minimum absolute atomic E-state index is 0.0484. The molecular weight excluding hydrogens is 248 g/mol. The van der Waals surface area contributed by atoms with Gasteiger partial charge in [0.2, 0.25) is 0 Å². The molecule has 0 amide bonds. The number of nitrogens with two attached hydrogens (primary N) is 1. The van der Waals surface area contributed by atoms with Crippen LogP contribution < -0.4 is 11.3 Å². The first-order valence-electron chi connectivity index (χ1n) is 7.43. The Bertz CT molecular complexity index is 423. The molecule has 0 aliphatic heterocycles. The maximum atomic E-state index is 5.94. The molecule has 0 aliphatic rings. The third kappa shape index (κ3) is 4.58. The summed E-state index contributed by atoms with van der Waals surface area (Å²) >= 11 is 0. The Balaban J connectivity index is 2.91. The van der Waals surface area contributed by atoms with Crippen molar-refractivity contribution in [2.75, 3.05) is 6.61 Å². The lowest BCUT2D eigenvalue weighted by Crippen LogP contribution is -2.52. The summed E-state index contributed by atoms with van der Waals surface area (Å²) in [6, 6.07) is 6.70. The summed E-state index contributed by atoms with van der Waals surface area (Å²) in [5.74, 6) is 5.79. The van der Waals surface area contributed by atoms with Gasteiger partial charge in [0.1, 0.15) is 0 Å². The van der Waals surface area contributed by atoms with Crippen LogP contribution in [0.3, 0.4) is 0 Å². The van der Waals surface area contributed by atoms with Crippen molar-refractivity contribution in [1.82, 2.24) is 5.43 Å². The van der Waals surface area contributed by atoms with Gasteiger partial charge in [-0.3, -0.25) is 11.3 Å². The third-order valence-electron chi connectivity index (χ3n) is 3.81. The Hall–Kier alpha value is -0.900. The van der Waals surface area contributed by atoms with E-state index in [-0.39, 0.29) is 17.6 Å². The lowest BCUT2D eigenvalue weighted by Gasteiger charge is -2.36. The molecule has 3 nitrogen and oxygen atoms in total. The summed E-state index contributed by atoms with van der Waals surface area (Å²) in [4.78, 5) is 0. The average molecular weight is 278 g/mol. The summed E-state index contributed by atoms with van der Waals surface area (Å²) in [7, 11) is 0. The van der Waals surface area contributed by atoms with Gasteiger partial charge in [-0.1, -0.05) is 39.0 Å². The molecule has 0 radical (unpaired) electrons. The van der Waals surface area contributed by atoms with E-state index in [9.17, 15) is 0 Å². The van der Waals surface area contributed by atoms with Gasteiger partial charge >= 0.3 is 0 Å². The maximum Gasteiger partial charge on any atom is 0.0792 e. The van der Waals surface area contributed by atoms with E-state index in [1.807, 2.05) is 6.92 Å². The van der Waals surface area contributed by atoms with E-state index in [0.29, 0.717) is 6.61 Å². The van der Waals surface area contributed by atoms with Gasteiger partial charge in [-0.15, -0.1) is 0 Å². The quantitative estimate of drug-likeness (QED) is 0.621. The molecule has 2 unspecified atom stereocenters. The molecule has 3 heteroatoms. The van der Waals surface area contributed by atoms with Crippen LogP contribution in [-0.4, -0.2) is 18.8 Å². The molecule has 0 aromatic heterocycles. The molecular formula is C17H30N2O. The number of nitrogens with one attached hydrogen (secondary N) is 1. The lowest BCUT2D eigenvalue weighted by atomic mass is 9.82. The minimum atomic E-state index is 0.0484. The average Bonchev–Trinajstić information content (AvgIpc) is 2.36. The number of benzene rings is 1. The van der Waals surface area contributed by atoms with Crippen LogP contribution in [0.1, 0.15) is 44.4 Å². The van der Waals surface area contributed by atoms with E-state index < -0.39 is 0 Å². The molecule has 0 aliphatic carbocycles. The fourth-order valence-corrected chi connectivity index (χ4v) is 2.59. The van der Waals surface area contributed by atoms with Crippen LogP contribution in [0.4, 0.5) is 0 Å². The Kier molecular flexibility index (Phi) is 6.18. The SMILES string of the molecule is CCOC(C(Cc1ccc(C)c(C)c1)NN)C(C)(C)C. The van der Waals surface area contributed by atoms with E-state index >= 15 is 0 Å². The van der Waals surface area contributed by atoms with Crippen LogP contribution in [0.2, 0.25) is 0 Å². The number of hydrazine groups is 1. The van der Waals surface area contributed by atoms with Crippen molar-refractivity contribution >= 4 is 0 Å². The number of ether oxygens (including phenoxy) is 1. The zero-order valence-corrected chi connectivity index (χ0v) is 13.8. The monoisotopic (exact) mass is 278 g/mol. The highest BCUT2D eigenvalue weighted by Crippen LogP contribution is 2.26. The Morgan fingerprint density at radius 1 is 1.20 bits per heavy atom. The van der Waals surface area contributed by atoms with Gasteiger partial charge in [0.25, 0.3) is 0 Å². The predicted octanol–water partition coefficient (Wildman–Crippen LogP) is 3.13. The Morgan fingerprint density at radius 3 is 2.30 bits per heavy atom. The summed E-state index contributed by atoms with van der Waals surface area (Å²) in [6.07, 6.45) is 0.957. The van der Waals surface area contributed by atoms with E-state index in [4.69, 9.17) is 10.6 Å². The molecule has 0 saturated carbocycles. The minimum Gasteiger partial charge on any atom is -0.376 e. The number of hydrogen-bond acceptors (Lipinski definition) is 3. The number of aryl methyl sites for hydroxylation is 2. The zero-order chi connectivity index (χ0) is 15.3. The van der Waals surface area contributed by atoms with Crippen LogP contribution in [0.5, 0.6) is 0 Å². The van der Waals surface area contributed by atoms with E-state index in [2.05, 4.69) is 58.2 Å². The van der Waals surface area contributed by atoms with E-state index in [1.165, 1.54) is 16.7 Å². The molecule has 0 spiro atoms. The molecule has 20 heavy (non-hydrogen) atoms. The molecule has 2 atom stereocenters. The first-order valence-corrected chi connectivity index (χ1v) is 7.43. The van der Waals surface area contributed by atoms with Crippen LogP contribution in [0.15, 0.2) is 18.2 Å². The van der Waals surface area contributed by atoms with Crippen molar-refractivity contribution in [1.29, 1.82) is 0 Å². The van der Waals surface area contributed by atoms with Gasteiger partial charge in [-0.25, -0.2) is 0 Å². The van der Waals surface area contributed by atoms with Crippen molar-refractivity contribution in [2.45, 2.75) is 60.1 Å². The summed E-state index contributed by atoms with van der Waals surface area (Å²) < 4.78 is 5.94. The van der Waals surface area contributed by atoms with Gasteiger partial charge in [-0.05, 0) is 49.3 Å². The second-order valence-electron chi connectivity index (χ2n) is 6.64. The van der Waals surface area contributed by atoms with Crippen molar-refractivity contribution in [3.8, 4) is 0 Å². The zero-order valence-electron chi connectivity index (χ0n) is 13.8. The van der Waals surface area contributed by atoms with Crippen LogP contribution >= 0.6 is 0 Å². The Labute approximate surface area is 123 Å². The summed E-state index contributed by atoms with van der Waals surface area (Å²) in [6.45, 7) is 13.6. The van der Waals surface area contributed by atoms with Gasteiger partial charge in [0.15, 0.2) is 0 Å². The third-order valence-corrected chi connectivity index (χ3v) is 3.81. The summed E-state index contributed by atoms with van der Waals surface area (Å²) in [5, 5.41) is 0. The molecule has 114 valence electrons. The normalized spacial score (nSPS) is 15.2. The van der Waals surface area contributed by atoms with Crippen LogP contribution in [-0.2, 0) is 11.2 Å². The number of hydrogen-bond donors (Lipinski definition) is 2. The predicted molar refractivity (Wildman–Crippen MR) is 85.6 cm³/mol. The molecule has 0 saturated heterocycles. The van der Waals surface area contributed by atoms with Crippen molar-refractivity contribution in [3.63, 3.8) is 0 Å². The largest absolute Gasteiger partial charge is 0.376 e. The fraction of sp³-hybridized carbons (Fsp3) is 0.647. The van der Waals surface area contributed by atoms with Gasteiger partial charge in [0.05, 0.1) is 12.1 Å². The smallest absolute Gasteiger partial charge is 0.0792 e. The first-order chi connectivity index (χ1) is 9.29. The van der Waals surface area contributed by atoms with Gasteiger partial charge in [-0.2, -0.15) is 0 Å².